The number of ether oxygens (including phenoxy) is 1. The lowest BCUT2D eigenvalue weighted by Crippen LogP contribution is -1.94. The number of alkyl halides is 1. The molecular formula is C8H7Cl2NO3. The van der Waals surface area contributed by atoms with Crippen LogP contribution in [0.4, 0.5) is 5.69 Å². The molecule has 0 N–H and O–H groups in total. The van der Waals surface area contributed by atoms with Crippen LogP contribution in [0, 0.1) is 10.1 Å². The highest BCUT2D eigenvalue weighted by Crippen LogP contribution is 2.33. The van der Waals surface area contributed by atoms with Crippen LogP contribution >= 0.6 is 23.2 Å². The molecule has 0 saturated heterocycles. The molecule has 0 spiro atoms. The molecule has 0 bridgehead atoms. The van der Waals surface area contributed by atoms with Gasteiger partial charge in [-0.15, -0.1) is 11.6 Å². The van der Waals surface area contributed by atoms with E-state index in [9.17, 15) is 10.1 Å². The Balaban J connectivity index is 3.31. The first-order valence-corrected chi connectivity index (χ1v) is 4.58. The maximum Gasteiger partial charge on any atom is 0.271 e. The van der Waals surface area contributed by atoms with Crippen molar-refractivity contribution in [3.63, 3.8) is 0 Å². The van der Waals surface area contributed by atoms with Gasteiger partial charge in [0, 0.05) is 17.7 Å². The van der Waals surface area contributed by atoms with Gasteiger partial charge in [-0.05, 0) is 0 Å². The van der Waals surface area contributed by atoms with Gasteiger partial charge in [0.05, 0.1) is 22.9 Å². The van der Waals surface area contributed by atoms with Crippen LogP contribution in [-0.4, -0.2) is 12.0 Å². The number of non-ortho nitro benzene ring substituents is 1. The quantitative estimate of drug-likeness (QED) is 0.460. The number of benzene rings is 1. The predicted molar refractivity (Wildman–Crippen MR) is 54.2 cm³/mol. The van der Waals surface area contributed by atoms with Gasteiger partial charge in [0.2, 0.25) is 0 Å². The highest BCUT2D eigenvalue weighted by molar-refractivity contribution is 6.32. The number of nitrogens with zero attached hydrogens (tertiary/aromatic N) is 1. The van der Waals surface area contributed by atoms with Gasteiger partial charge in [-0.2, -0.15) is 0 Å². The van der Waals surface area contributed by atoms with Crippen molar-refractivity contribution < 1.29 is 9.66 Å². The Morgan fingerprint density at radius 1 is 1.57 bits per heavy atom. The van der Waals surface area contributed by atoms with Crippen molar-refractivity contribution in [2.75, 3.05) is 7.11 Å². The summed E-state index contributed by atoms with van der Waals surface area (Å²) < 4.78 is 4.96. The van der Waals surface area contributed by atoms with Crippen molar-refractivity contribution in [3.8, 4) is 5.75 Å². The number of rotatable bonds is 3. The molecule has 1 aromatic rings. The second kappa shape index (κ2) is 4.48. The number of methoxy groups -OCH3 is 1. The summed E-state index contributed by atoms with van der Waals surface area (Å²) in [6.45, 7) is 0. The SMILES string of the molecule is COc1c(Cl)cc([N+](=O)[O-])cc1CCl. The van der Waals surface area contributed by atoms with Crippen LogP contribution < -0.4 is 4.74 Å². The van der Waals surface area contributed by atoms with Gasteiger partial charge in [-0.1, -0.05) is 11.6 Å². The molecule has 6 heteroatoms. The molecule has 0 amide bonds. The molecule has 14 heavy (non-hydrogen) atoms. The summed E-state index contributed by atoms with van der Waals surface area (Å²) in [7, 11) is 1.43. The molecule has 0 aliphatic rings. The predicted octanol–water partition coefficient (Wildman–Crippen LogP) is 3.00. The van der Waals surface area contributed by atoms with Crippen LogP contribution in [0.5, 0.6) is 5.75 Å². The van der Waals surface area contributed by atoms with E-state index in [1.165, 1.54) is 19.2 Å². The Bertz CT molecular complexity index is 368. The van der Waals surface area contributed by atoms with Gasteiger partial charge < -0.3 is 4.74 Å². The first kappa shape index (κ1) is 11.1. The molecule has 0 saturated carbocycles. The molecule has 1 aromatic carbocycles. The number of nitro groups is 1. The summed E-state index contributed by atoms with van der Waals surface area (Å²) in [4.78, 5) is 9.96. The van der Waals surface area contributed by atoms with Crippen LogP contribution in [0.25, 0.3) is 0 Å². The van der Waals surface area contributed by atoms with Crippen molar-refractivity contribution in [3.05, 3.63) is 32.8 Å². The van der Waals surface area contributed by atoms with E-state index in [1.807, 2.05) is 0 Å². The normalized spacial score (nSPS) is 9.93. The molecular weight excluding hydrogens is 229 g/mol. The molecule has 0 atom stereocenters. The van der Waals surface area contributed by atoms with E-state index in [-0.39, 0.29) is 16.6 Å². The summed E-state index contributed by atoms with van der Waals surface area (Å²) in [5.74, 6) is 0.497. The summed E-state index contributed by atoms with van der Waals surface area (Å²) in [6, 6.07) is 2.58. The number of nitro benzene ring substituents is 1. The van der Waals surface area contributed by atoms with Gasteiger partial charge in [-0.25, -0.2) is 0 Å². The van der Waals surface area contributed by atoms with Gasteiger partial charge in [0.25, 0.3) is 5.69 Å². The molecule has 0 heterocycles. The number of hydrogen-bond acceptors (Lipinski definition) is 3. The van der Waals surface area contributed by atoms with Crippen LogP contribution in [-0.2, 0) is 5.88 Å². The lowest BCUT2D eigenvalue weighted by molar-refractivity contribution is -0.384. The van der Waals surface area contributed by atoms with Gasteiger partial charge in [-0.3, -0.25) is 10.1 Å². The average molecular weight is 236 g/mol. The summed E-state index contributed by atoms with van der Waals surface area (Å²) in [5, 5.41) is 10.7. The lowest BCUT2D eigenvalue weighted by Gasteiger charge is -2.07. The van der Waals surface area contributed by atoms with Crippen LogP contribution in [0.3, 0.4) is 0 Å². The Labute approximate surface area is 90.5 Å². The molecule has 0 unspecified atom stereocenters. The minimum absolute atomic E-state index is 0.0912. The second-order valence-corrected chi connectivity index (χ2v) is 3.19. The molecule has 76 valence electrons. The van der Waals surface area contributed by atoms with Crippen LogP contribution in [0.15, 0.2) is 12.1 Å². The Kier molecular flexibility index (Phi) is 3.55. The fraction of sp³-hybridized carbons (Fsp3) is 0.250. The third-order valence-electron chi connectivity index (χ3n) is 1.66. The van der Waals surface area contributed by atoms with Crippen molar-refractivity contribution in [1.82, 2.24) is 0 Å². The second-order valence-electron chi connectivity index (χ2n) is 2.51. The minimum atomic E-state index is -0.526. The van der Waals surface area contributed by atoms with E-state index in [2.05, 4.69) is 0 Å². The molecule has 0 fully saturated rings. The maximum atomic E-state index is 10.5. The van der Waals surface area contributed by atoms with Crippen molar-refractivity contribution in [2.45, 2.75) is 5.88 Å². The van der Waals surface area contributed by atoms with E-state index >= 15 is 0 Å². The summed E-state index contributed by atoms with van der Waals surface area (Å²) in [5.41, 5.74) is 0.416. The molecule has 4 nitrogen and oxygen atoms in total. The fourth-order valence-corrected chi connectivity index (χ4v) is 1.58. The van der Waals surface area contributed by atoms with E-state index < -0.39 is 4.92 Å². The van der Waals surface area contributed by atoms with Gasteiger partial charge >= 0.3 is 0 Å². The Morgan fingerprint density at radius 3 is 2.64 bits per heavy atom. The zero-order chi connectivity index (χ0) is 10.7. The highest BCUT2D eigenvalue weighted by atomic mass is 35.5. The molecule has 1 rings (SSSR count). The third-order valence-corrected chi connectivity index (χ3v) is 2.23. The first-order valence-electron chi connectivity index (χ1n) is 3.67. The van der Waals surface area contributed by atoms with E-state index in [0.29, 0.717) is 11.3 Å². The van der Waals surface area contributed by atoms with Crippen LogP contribution in [0.2, 0.25) is 5.02 Å². The van der Waals surface area contributed by atoms with Crippen LogP contribution in [0.1, 0.15) is 5.56 Å². The van der Waals surface area contributed by atoms with E-state index in [0.717, 1.165) is 0 Å². The topological polar surface area (TPSA) is 52.4 Å². The Hall–Kier alpha value is -1.00. The highest BCUT2D eigenvalue weighted by Gasteiger charge is 2.15. The zero-order valence-electron chi connectivity index (χ0n) is 7.29. The van der Waals surface area contributed by atoms with Gasteiger partial charge in [0.1, 0.15) is 5.75 Å². The zero-order valence-corrected chi connectivity index (χ0v) is 8.80. The van der Waals surface area contributed by atoms with Crippen molar-refractivity contribution in [1.29, 1.82) is 0 Å². The van der Waals surface area contributed by atoms with E-state index in [4.69, 9.17) is 27.9 Å². The number of hydrogen-bond donors (Lipinski definition) is 0. The fourth-order valence-electron chi connectivity index (χ4n) is 1.07. The minimum Gasteiger partial charge on any atom is -0.495 e. The molecule has 0 aliphatic heterocycles. The largest absolute Gasteiger partial charge is 0.495 e. The van der Waals surface area contributed by atoms with E-state index in [1.54, 1.807) is 0 Å². The lowest BCUT2D eigenvalue weighted by atomic mass is 10.2. The van der Waals surface area contributed by atoms with Gasteiger partial charge in [0.15, 0.2) is 0 Å². The maximum absolute atomic E-state index is 10.5. The smallest absolute Gasteiger partial charge is 0.271 e. The monoisotopic (exact) mass is 235 g/mol. The molecule has 0 aromatic heterocycles. The summed E-state index contributed by atoms with van der Waals surface area (Å²) >= 11 is 11.4. The van der Waals surface area contributed by atoms with Crippen molar-refractivity contribution in [2.24, 2.45) is 0 Å². The average Bonchev–Trinajstić information content (AvgIpc) is 2.16. The molecule has 0 aliphatic carbocycles. The summed E-state index contributed by atoms with van der Waals surface area (Å²) in [6.07, 6.45) is 0. The Morgan fingerprint density at radius 2 is 2.21 bits per heavy atom. The third kappa shape index (κ3) is 2.08. The molecule has 0 radical (unpaired) electrons. The standard InChI is InChI=1S/C8H7Cl2NO3/c1-14-8-5(4-9)2-6(11(12)13)3-7(8)10/h2-3H,4H2,1H3. The number of halogens is 2. The first-order chi connectivity index (χ1) is 6.60. The van der Waals surface area contributed by atoms with Crippen molar-refractivity contribution >= 4 is 28.9 Å².